The first-order valence-corrected chi connectivity index (χ1v) is 43.5. The highest BCUT2D eigenvalue weighted by atomic mass is 16.6. The zero-order chi connectivity index (χ0) is 102. The van der Waals surface area contributed by atoms with Crippen LogP contribution in [0, 0.1) is 34.0 Å². The Morgan fingerprint density at radius 3 is 1.01 bits per heavy atom. The number of anilines is 6. The summed E-state index contributed by atoms with van der Waals surface area (Å²) < 4.78 is 75.3. The van der Waals surface area contributed by atoms with Crippen molar-refractivity contribution in [2.24, 2.45) is 33.0 Å². The van der Waals surface area contributed by atoms with Crippen molar-refractivity contribution < 1.29 is 118 Å². The van der Waals surface area contributed by atoms with Crippen molar-refractivity contribution in [3.8, 4) is 47.4 Å². The molecule has 6 saturated heterocycles. The van der Waals surface area contributed by atoms with E-state index in [1.807, 2.05) is 19.9 Å². The van der Waals surface area contributed by atoms with Crippen LogP contribution in [0.25, 0.3) is 87.9 Å². The molecular formula is C78H110N40O24. The van der Waals surface area contributed by atoms with Gasteiger partial charge in [-0.3, -0.25) is 27.4 Å². The van der Waals surface area contributed by atoms with Gasteiger partial charge in [0.2, 0.25) is 71.0 Å². The van der Waals surface area contributed by atoms with Crippen molar-refractivity contribution in [3.63, 3.8) is 0 Å². The van der Waals surface area contributed by atoms with E-state index in [0.717, 1.165) is 0 Å². The predicted octanol–water partition coefficient (Wildman–Crippen LogP) is -3.55. The monoisotopic (exact) mass is 1990 g/mol. The molecule has 766 valence electrons. The van der Waals surface area contributed by atoms with E-state index in [1.165, 1.54) is 63.2 Å². The number of azide groups is 2. The zero-order valence-corrected chi connectivity index (χ0v) is 76.8. The van der Waals surface area contributed by atoms with Crippen molar-refractivity contribution in [2.45, 2.75) is 204 Å². The van der Waals surface area contributed by atoms with Crippen LogP contribution in [0.1, 0.15) is 107 Å². The molecule has 6 aliphatic heterocycles. The second kappa shape index (κ2) is 45.1. The molecule has 0 bridgehead atoms. The van der Waals surface area contributed by atoms with Crippen LogP contribution in [0.15, 0.2) is 48.2 Å². The number of aliphatic hydroxyl groups is 12. The summed E-state index contributed by atoms with van der Waals surface area (Å²) >= 11 is 0. The Morgan fingerprint density at radius 1 is 0.387 bits per heavy atom. The molecular weight excluding hydrogens is 1880 g/mol. The number of nitrogens with zero attached hydrogens (tertiary/aromatic N) is 32. The summed E-state index contributed by atoms with van der Waals surface area (Å²) in [6, 6.07) is 2.37. The number of imidazole rings is 6. The molecule has 18 heterocycles. The minimum absolute atomic E-state index is 0. The van der Waals surface area contributed by atoms with Gasteiger partial charge in [-0.15, -0.1) is 0 Å². The van der Waals surface area contributed by atoms with Gasteiger partial charge in [0.1, 0.15) is 90.2 Å². The third-order valence-corrected chi connectivity index (χ3v) is 23.1. The molecule has 12 aromatic rings. The van der Waals surface area contributed by atoms with Crippen molar-refractivity contribution in [1.29, 1.82) is 10.5 Å². The highest BCUT2D eigenvalue weighted by Crippen LogP contribution is 2.48. The number of fused-ring (bicyclic) bond motifs is 6. The van der Waals surface area contributed by atoms with Crippen molar-refractivity contribution >= 4 is 103 Å². The van der Waals surface area contributed by atoms with E-state index in [0.29, 0.717) is 107 Å². The average Bonchev–Trinajstić information content (AvgIpc) is 1.64. The molecule has 24 atom stereocenters. The molecule has 6 aliphatic rings. The molecule has 0 aromatic carbocycles. The predicted molar refractivity (Wildman–Crippen MR) is 488 cm³/mol. The van der Waals surface area contributed by atoms with Gasteiger partial charge in [-0.2, -0.15) is 70.3 Å². The maximum atomic E-state index is 10.4. The Balaban J connectivity index is 0.000000152. The summed E-state index contributed by atoms with van der Waals surface area (Å²) in [5, 5.41) is 143. The van der Waals surface area contributed by atoms with Crippen molar-refractivity contribution in [3.05, 3.63) is 58.8 Å². The number of aliphatic hydroxyl groups excluding tert-OH is 12. The van der Waals surface area contributed by atoms with Crippen LogP contribution in [0.4, 0.5) is 35.7 Å². The number of nitriles is 2. The fourth-order valence-electron chi connectivity index (χ4n) is 16.2. The van der Waals surface area contributed by atoms with Crippen molar-refractivity contribution in [2.75, 3.05) is 114 Å². The first-order valence-electron chi connectivity index (χ1n) is 43.5. The molecule has 0 amide bonds. The standard InChI is InChI=1S/C14H18N6O4.C13H18N8O4.C13H20N6O4.C13H16N6O4.C12H16N8O4.C12H18N6O4.CH4/c1-3-23-11-8-10(18-13(16)19-11)20(6-17-8)12-14(2,5-15)9(22)7(4-21)24-12;1-3-24-10-7-9(17-12(14)18-10)21(5-16-7)11-13(2,19-20-15)8(23)6(4-22)25-11;1-3-22-10-7-9(17-12(14)18-10)19(5-16-7)11-13(2,15)8(21)6(4-20)23-11;1-2-22-11-8-10(17-13(15)18-11)19(5-16-8)12-6(3-14)9(21)7(4-20)23-12;1-2-23-10-7-9(16-12(13)17-10)20(4-15-7)11-6(18-19-14)8(22)5(3-21)24-11;1-2-21-10-7-9(16-12(14)17-10)18(4-15-7)11-6(13)8(20)5(3-19)22-11;/h6-7,9,12,21-22H,3-4H2,1-2H3,(H2,16,18,19);5-6,8,11,22-23H,3-4H2,1-2H3,(H2,14,17,18);5-6,8,11,20-21H,3-4,15H2,1-2H3,(H2,14,17,18);5-7,9,12,20-21H,2,4H2,1H3,(H2,15,17,18);4-6,8,11,21-22H,2-3H2,1H3,(H2,13,16,17);4-6,8,11,19-20H,2-3,13H2,1H3,(H2,14,16,17);1H4/t7-,9-,12-,14-;2*6-,8-,11-,13-;6-,7-,9+,12-;2*5-,6-,8-,11-;/m111111./s1. The summed E-state index contributed by atoms with van der Waals surface area (Å²) in [4.78, 5) is 79.7. The zero-order valence-electron chi connectivity index (χ0n) is 76.8. The molecule has 12 aromatic heterocycles. The highest BCUT2D eigenvalue weighted by Gasteiger charge is 2.58. The maximum absolute atomic E-state index is 10.4. The fourth-order valence-corrected chi connectivity index (χ4v) is 16.2. The number of hydrogen-bond acceptors (Lipinski definition) is 54. The molecule has 6 fully saturated rings. The second-order valence-electron chi connectivity index (χ2n) is 32.1. The molecule has 0 radical (unpaired) electrons. The van der Waals surface area contributed by atoms with Crippen LogP contribution < -0.4 is 74.3 Å². The van der Waals surface area contributed by atoms with Crippen LogP contribution in [-0.4, -0.2) is 354 Å². The number of hydrogen-bond donors (Lipinski definition) is 20. The number of ether oxygens (including phenoxy) is 12. The lowest BCUT2D eigenvalue weighted by Crippen LogP contribution is -2.52. The van der Waals surface area contributed by atoms with Crippen LogP contribution in [0.2, 0.25) is 0 Å². The first-order chi connectivity index (χ1) is 67.6. The Morgan fingerprint density at radius 2 is 0.676 bits per heavy atom. The largest absolute Gasteiger partial charge is 0.476 e. The molecule has 142 heavy (non-hydrogen) atoms. The lowest BCUT2D eigenvalue weighted by atomic mass is 9.84. The van der Waals surface area contributed by atoms with Gasteiger partial charge in [0, 0.05) is 9.82 Å². The topological polar surface area (TPSA) is 968 Å². The molecule has 0 unspecified atom stereocenters. The number of nitrogens with two attached hydrogens (primary N) is 8. The second-order valence-corrected chi connectivity index (χ2v) is 32.1. The van der Waals surface area contributed by atoms with E-state index in [2.05, 4.69) is 116 Å². The van der Waals surface area contributed by atoms with E-state index >= 15 is 0 Å². The molecule has 18 rings (SSSR count). The summed E-state index contributed by atoms with van der Waals surface area (Å²) in [5.74, 6) is 0.553. The first kappa shape index (κ1) is 107. The van der Waals surface area contributed by atoms with E-state index in [1.54, 1.807) is 50.7 Å². The number of rotatable bonds is 26. The summed E-state index contributed by atoms with van der Waals surface area (Å²) in [7, 11) is 0. The lowest BCUT2D eigenvalue weighted by Gasteiger charge is -2.28. The average molecular weight is 1990 g/mol. The SMILES string of the molecule is C.CCOc1nc(N)nc2c1ncn2[C@@H]1O[C@H](CO)[C@@H](O)[C@@]1(C)C#N.CCOc1nc(N)nc2c1ncn2[C@@H]1O[C@H](CO)[C@@H](O)[C@@]1(C)N.CCOc1nc(N)nc2c1ncn2[C@@H]1O[C@H](CO)[C@@H](O)[C@@]1(C)N=[N+]=[N-].CCOc1nc(N)nc2c1ncn2[C@@H]1O[C@H](CO)[C@@H](O)[C@H]1C#N.CCOc1nc(N)nc2c1ncn2[C@@H]1O[C@H](CO)[C@@H](O)[C@H]1N.CCOc1nc(N)nc2c1ncn2[C@@H]1O[C@H](CO)[C@@H](O)[C@H]1N=[N+]=[N-]. The Hall–Kier alpha value is -14.3. The molecule has 0 saturated carbocycles. The number of aromatic nitrogens is 24. The minimum Gasteiger partial charge on any atom is -0.476 e. The molecule has 0 aliphatic carbocycles. The van der Waals surface area contributed by atoms with E-state index in [4.69, 9.17) is 114 Å². The summed E-state index contributed by atoms with van der Waals surface area (Å²) in [6.07, 6.45) is -8.31. The van der Waals surface area contributed by atoms with Gasteiger partial charge in [-0.1, -0.05) is 17.7 Å². The quantitative estimate of drug-likeness (QED) is 0.0142. The lowest BCUT2D eigenvalue weighted by molar-refractivity contribution is -0.0469. The van der Waals surface area contributed by atoms with Crippen LogP contribution in [-0.2, 0) is 28.4 Å². The Labute approximate surface area is 801 Å². The smallest absolute Gasteiger partial charge is 0.247 e. The summed E-state index contributed by atoms with van der Waals surface area (Å²) in [6.45, 7) is 15.5. The number of nitrogen functional groups attached to an aromatic ring is 6. The van der Waals surface area contributed by atoms with Gasteiger partial charge in [-0.05, 0) is 73.4 Å². The van der Waals surface area contributed by atoms with Crippen LogP contribution in [0.3, 0.4) is 0 Å². The molecule has 64 nitrogen and oxygen atoms in total. The Bertz CT molecular complexity index is 6570. The molecule has 64 heteroatoms. The maximum Gasteiger partial charge on any atom is 0.247 e. The van der Waals surface area contributed by atoms with Gasteiger partial charge in [0.25, 0.3) is 0 Å². The van der Waals surface area contributed by atoms with Gasteiger partial charge in [0.05, 0.1) is 153 Å². The van der Waals surface area contributed by atoms with Gasteiger partial charge < -0.3 is 164 Å². The molecule has 28 N–H and O–H groups in total. The highest BCUT2D eigenvalue weighted by molar-refractivity contribution is 5.82. The third-order valence-electron chi connectivity index (χ3n) is 23.1. The van der Waals surface area contributed by atoms with Gasteiger partial charge in [0.15, 0.2) is 98.1 Å². The third kappa shape index (κ3) is 20.4. The van der Waals surface area contributed by atoms with Gasteiger partial charge in [-0.25, -0.2) is 29.9 Å². The van der Waals surface area contributed by atoms with Gasteiger partial charge >= 0.3 is 0 Å². The Kier molecular flexibility index (Phi) is 33.8. The van der Waals surface area contributed by atoms with Crippen molar-refractivity contribution in [1.82, 2.24) is 117 Å². The fraction of sp³-hybridized carbons (Fsp3) is 0.590. The van der Waals surface area contributed by atoms with E-state index in [-0.39, 0.29) is 91.6 Å². The summed E-state index contributed by atoms with van der Waals surface area (Å²) in [5.41, 5.74) is 64.6. The van der Waals surface area contributed by atoms with Crippen LogP contribution >= 0.6 is 0 Å². The minimum atomic E-state index is -1.39. The van der Waals surface area contributed by atoms with Crippen LogP contribution in [0.5, 0.6) is 35.3 Å². The molecule has 0 spiro atoms. The van der Waals surface area contributed by atoms with E-state index < -0.39 is 172 Å². The van der Waals surface area contributed by atoms with E-state index in [9.17, 15) is 71.8 Å². The normalized spacial score (nSPS) is 28.4.